The molecule has 1 aromatic rings. The summed E-state index contributed by atoms with van der Waals surface area (Å²) >= 11 is 0. The Morgan fingerprint density at radius 3 is 2.56 bits per heavy atom. The minimum atomic E-state index is -4.19. The molecule has 0 atom stereocenters. The van der Waals surface area contributed by atoms with Gasteiger partial charge in [-0.2, -0.15) is 13.2 Å². The van der Waals surface area contributed by atoms with E-state index in [4.69, 9.17) is 0 Å². The highest BCUT2D eigenvalue weighted by atomic mass is 19.4. The Labute approximate surface area is 104 Å². The van der Waals surface area contributed by atoms with Crippen molar-refractivity contribution in [2.45, 2.75) is 37.5 Å². The Hall–Kier alpha value is -1.23. The molecule has 100 valence electrons. The monoisotopic (exact) mass is 259 g/mol. The van der Waals surface area contributed by atoms with Crippen molar-refractivity contribution in [3.63, 3.8) is 0 Å². The molecule has 2 nitrogen and oxygen atoms in total. The molecule has 1 fully saturated rings. The number of hydrogen-bond acceptors (Lipinski definition) is 2. The van der Waals surface area contributed by atoms with Crippen LogP contribution in [0.1, 0.15) is 24.8 Å². The number of rotatable bonds is 4. The molecule has 0 radical (unpaired) electrons. The summed E-state index contributed by atoms with van der Waals surface area (Å²) in [6, 6.07) is 6.24. The molecule has 0 aromatic heterocycles. The Morgan fingerprint density at radius 2 is 2.00 bits per heavy atom. The highest BCUT2D eigenvalue weighted by Gasteiger charge is 2.34. The van der Waals surface area contributed by atoms with Gasteiger partial charge in [0.2, 0.25) is 0 Å². The molecule has 0 aliphatic heterocycles. The Morgan fingerprint density at radius 1 is 1.28 bits per heavy atom. The van der Waals surface area contributed by atoms with Gasteiger partial charge in [-0.25, -0.2) is 0 Å². The van der Waals surface area contributed by atoms with Gasteiger partial charge in [0, 0.05) is 12.2 Å². The number of anilines is 1. The number of nitrogens with one attached hydrogen (secondary N) is 1. The number of alkyl halides is 3. The minimum Gasteiger partial charge on any atom is -0.388 e. The lowest BCUT2D eigenvalue weighted by Gasteiger charge is -2.36. The zero-order valence-corrected chi connectivity index (χ0v) is 9.93. The third-order valence-electron chi connectivity index (χ3n) is 3.24. The summed E-state index contributed by atoms with van der Waals surface area (Å²) in [4.78, 5) is 0. The van der Waals surface area contributed by atoms with Crippen molar-refractivity contribution in [2.75, 3.05) is 11.9 Å². The Bertz CT molecular complexity index is 413. The largest absolute Gasteiger partial charge is 0.393 e. The van der Waals surface area contributed by atoms with Crippen LogP contribution >= 0.6 is 0 Å². The number of hydrogen-bond donors (Lipinski definition) is 2. The van der Waals surface area contributed by atoms with Crippen LogP contribution in [-0.2, 0) is 6.42 Å². The van der Waals surface area contributed by atoms with E-state index in [1.165, 1.54) is 12.1 Å². The molecular formula is C13H16F3NO. The first-order valence-corrected chi connectivity index (χ1v) is 5.98. The van der Waals surface area contributed by atoms with E-state index in [0.29, 0.717) is 12.2 Å². The van der Waals surface area contributed by atoms with E-state index in [1.807, 2.05) is 0 Å². The standard InChI is InChI=1S/C13H16F3NO/c14-13(15,16)8-10-3-1-4-11(7-10)17-9-12(18)5-2-6-12/h1,3-4,7,17-18H,2,5-6,8-9H2. The van der Waals surface area contributed by atoms with Crippen molar-refractivity contribution < 1.29 is 18.3 Å². The minimum absolute atomic E-state index is 0.230. The molecule has 18 heavy (non-hydrogen) atoms. The first kappa shape index (κ1) is 13.2. The van der Waals surface area contributed by atoms with Gasteiger partial charge in [-0.15, -0.1) is 0 Å². The maximum Gasteiger partial charge on any atom is 0.393 e. The van der Waals surface area contributed by atoms with E-state index in [0.717, 1.165) is 19.3 Å². The molecule has 1 aliphatic carbocycles. The van der Waals surface area contributed by atoms with Crippen LogP contribution in [0.25, 0.3) is 0 Å². The summed E-state index contributed by atoms with van der Waals surface area (Å²) in [5, 5.41) is 12.9. The van der Waals surface area contributed by atoms with E-state index < -0.39 is 18.2 Å². The summed E-state index contributed by atoms with van der Waals surface area (Å²) < 4.78 is 36.8. The van der Waals surface area contributed by atoms with E-state index >= 15 is 0 Å². The van der Waals surface area contributed by atoms with Gasteiger partial charge in [0.25, 0.3) is 0 Å². The molecule has 1 saturated carbocycles. The fraction of sp³-hybridized carbons (Fsp3) is 0.538. The maximum absolute atomic E-state index is 12.3. The molecule has 1 aromatic carbocycles. The number of halogens is 3. The van der Waals surface area contributed by atoms with Crippen LogP contribution in [0, 0.1) is 0 Å². The maximum atomic E-state index is 12.3. The summed E-state index contributed by atoms with van der Waals surface area (Å²) in [6.45, 7) is 0.391. The highest BCUT2D eigenvalue weighted by Crippen LogP contribution is 2.31. The van der Waals surface area contributed by atoms with Gasteiger partial charge in [-0.05, 0) is 37.0 Å². The third-order valence-corrected chi connectivity index (χ3v) is 3.24. The molecule has 0 spiro atoms. The van der Waals surface area contributed by atoms with Crippen LogP contribution in [0.2, 0.25) is 0 Å². The van der Waals surface area contributed by atoms with Crippen molar-refractivity contribution in [3.05, 3.63) is 29.8 Å². The highest BCUT2D eigenvalue weighted by molar-refractivity contribution is 5.46. The van der Waals surface area contributed by atoms with Crippen molar-refractivity contribution in [1.82, 2.24) is 0 Å². The zero-order valence-electron chi connectivity index (χ0n) is 9.93. The smallest absolute Gasteiger partial charge is 0.388 e. The van der Waals surface area contributed by atoms with E-state index in [1.54, 1.807) is 12.1 Å². The number of benzene rings is 1. The molecule has 2 N–H and O–H groups in total. The molecule has 0 unspecified atom stereocenters. The van der Waals surface area contributed by atoms with Gasteiger partial charge in [-0.3, -0.25) is 0 Å². The van der Waals surface area contributed by atoms with Crippen LogP contribution in [0.5, 0.6) is 0 Å². The fourth-order valence-electron chi connectivity index (χ4n) is 2.05. The van der Waals surface area contributed by atoms with Crippen LogP contribution in [0.4, 0.5) is 18.9 Å². The predicted molar refractivity (Wildman–Crippen MR) is 63.5 cm³/mol. The molecule has 2 rings (SSSR count). The normalized spacial score (nSPS) is 18.2. The Kier molecular flexibility index (Phi) is 3.52. The SMILES string of the molecule is OC1(CNc2cccc(CC(F)(F)F)c2)CCC1. The summed E-state index contributed by atoms with van der Waals surface area (Å²) in [6.07, 6.45) is -2.60. The molecule has 0 bridgehead atoms. The van der Waals surface area contributed by atoms with Crippen molar-refractivity contribution >= 4 is 5.69 Å². The van der Waals surface area contributed by atoms with Gasteiger partial charge in [0.05, 0.1) is 12.0 Å². The van der Waals surface area contributed by atoms with Crippen LogP contribution in [0.15, 0.2) is 24.3 Å². The molecule has 5 heteroatoms. The molecular weight excluding hydrogens is 243 g/mol. The summed E-state index contributed by atoms with van der Waals surface area (Å²) in [5.74, 6) is 0. The van der Waals surface area contributed by atoms with E-state index in [-0.39, 0.29) is 5.56 Å². The average molecular weight is 259 g/mol. The second-order valence-corrected chi connectivity index (χ2v) is 4.92. The Balaban J connectivity index is 1.94. The first-order chi connectivity index (χ1) is 8.36. The van der Waals surface area contributed by atoms with Crippen molar-refractivity contribution in [2.24, 2.45) is 0 Å². The van der Waals surface area contributed by atoms with Crippen LogP contribution in [-0.4, -0.2) is 23.4 Å². The lowest BCUT2D eigenvalue weighted by Crippen LogP contribution is -2.43. The lowest BCUT2D eigenvalue weighted by atomic mass is 9.80. The third kappa shape index (κ3) is 3.63. The van der Waals surface area contributed by atoms with Gasteiger partial charge >= 0.3 is 6.18 Å². The first-order valence-electron chi connectivity index (χ1n) is 5.98. The summed E-state index contributed by atoms with van der Waals surface area (Å²) in [7, 11) is 0. The quantitative estimate of drug-likeness (QED) is 0.870. The lowest BCUT2D eigenvalue weighted by molar-refractivity contribution is -0.127. The van der Waals surface area contributed by atoms with Gasteiger partial charge < -0.3 is 10.4 Å². The van der Waals surface area contributed by atoms with Crippen LogP contribution in [0.3, 0.4) is 0 Å². The predicted octanol–water partition coefficient (Wildman–Crippen LogP) is 3.12. The molecule has 0 saturated heterocycles. The molecule has 1 aliphatic rings. The molecule has 0 heterocycles. The van der Waals surface area contributed by atoms with Crippen LogP contribution < -0.4 is 5.32 Å². The topological polar surface area (TPSA) is 32.3 Å². The van der Waals surface area contributed by atoms with Crippen molar-refractivity contribution in [1.29, 1.82) is 0 Å². The number of aliphatic hydroxyl groups is 1. The van der Waals surface area contributed by atoms with Crippen molar-refractivity contribution in [3.8, 4) is 0 Å². The van der Waals surface area contributed by atoms with E-state index in [9.17, 15) is 18.3 Å². The fourth-order valence-corrected chi connectivity index (χ4v) is 2.05. The van der Waals surface area contributed by atoms with E-state index in [2.05, 4.69) is 5.32 Å². The summed E-state index contributed by atoms with van der Waals surface area (Å²) in [5.41, 5.74) is 0.171. The van der Waals surface area contributed by atoms with Gasteiger partial charge in [0.15, 0.2) is 0 Å². The zero-order chi connectivity index (χ0) is 13.2. The second kappa shape index (κ2) is 4.80. The second-order valence-electron chi connectivity index (χ2n) is 4.92. The average Bonchev–Trinajstić information content (AvgIpc) is 2.22. The molecule has 0 amide bonds. The van der Waals surface area contributed by atoms with Gasteiger partial charge in [-0.1, -0.05) is 12.1 Å². The van der Waals surface area contributed by atoms with Gasteiger partial charge in [0.1, 0.15) is 0 Å².